The molecular formula is C25H27N5O5S. The lowest BCUT2D eigenvalue weighted by Gasteiger charge is -2.12. The Kier molecular flexibility index (Phi) is 7.20. The summed E-state index contributed by atoms with van der Waals surface area (Å²) in [5.74, 6) is 0.828. The number of carbonyl (C=O) groups is 1. The van der Waals surface area contributed by atoms with Crippen LogP contribution in [0.15, 0.2) is 57.2 Å². The monoisotopic (exact) mass is 509 g/mol. The van der Waals surface area contributed by atoms with Gasteiger partial charge in [-0.15, -0.1) is 0 Å². The largest absolute Gasteiger partial charge is 0.497 e. The molecule has 1 N–H and O–H groups in total. The molecule has 2 heterocycles. The normalized spacial score (nSPS) is 11.0. The van der Waals surface area contributed by atoms with Gasteiger partial charge in [-0.2, -0.15) is 0 Å². The zero-order valence-electron chi connectivity index (χ0n) is 20.7. The first-order chi connectivity index (χ1) is 17.2. The zero-order chi connectivity index (χ0) is 26.0. The molecule has 1 amide bonds. The average Bonchev–Trinajstić information content (AvgIpc) is 3.24. The number of fused-ring (bicyclic) bond motifs is 1. The molecule has 0 radical (unpaired) electrons. The van der Waals surface area contributed by atoms with Gasteiger partial charge in [0.05, 0.1) is 32.2 Å². The Morgan fingerprint density at radius 3 is 2.42 bits per heavy atom. The van der Waals surface area contributed by atoms with Gasteiger partial charge in [-0.25, -0.2) is 9.78 Å². The minimum Gasteiger partial charge on any atom is -0.497 e. The van der Waals surface area contributed by atoms with Crippen molar-refractivity contribution in [1.82, 2.24) is 18.7 Å². The molecule has 0 spiro atoms. The molecule has 188 valence electrons. The van der Waals surface area contributed by atoms with Crippen LogP contribution in [0.3, 0.4) is 0 Å². The molecule has 36 heavy (non-hydrogen) atoms. The lowest BCUT2D eigenvalue weighted by Crippen LogP contribution is -2.37. The highest BCUT2D eigenvalue weighted by atomic mass is 32.2. The quantitative estimate of drug-likeness (QED) is 0.364. The van der Waals surface area contributed by atoms with Crippen LogP contribution in [0.2, 0.25) is 0 Å². The molecule has 0 bridgehead atoms. The zero-order valence-corrected chi connectivity index (χ0v) is 21.5. The van der Waals surface area contributed by atoms with E-state index in [9.17, 15) is 14.4 Å². The van der Waals surface area contributed by atoms with Gasteiger partial charge in [0.25, 0.3) is 5.56 Å². The number of rotatable bonds is 8. The standard InChI is InChI=1S/C25H27N5O5S/c1-15-6-8-16(9-7-15)13-30-21-22(28(2)25(33)29(3)23(21)32)27-24(30)36-14-20(31)26-18-11-10-17(34-4)12-19(18)35-5/h6-12H,13-14H2,1-5H3,(H,26,31). The van der Waals surface area contributed by atoms with Crippen molar-refractivity contribution >= 4 is 34.5 Å². The van der Waals surface area contributed by atoms with E-state index in [1.165, 1.54) is 30.5 Å². The van der Waals surface area contributed by atoms with Crippen molar-refractivity contribution in [3.8, 4) is 11.5 Å². The number of nitrogens with one attached hydrogen (secondary N) is 1. The van der Waals surface area contributed by atoms with Gasteiger partial charge in [0.15, 0.2) is 16.3 Å². The number of carbonyl (C=O) groups excluding carboxylic acids is 1. The number of aryl methyl sites for hydroxylation is 2. The maximum absolute atomic E-state index is 13.1. The van der Waals surface area contributed by atoms with E-state index in [1.807, 2.05) is 31.2 Å². The summed E-state index contributed by atoms with van der Waals surface area (Å²) in [6, 6.07) is 13.0. The molecule has 0 unspecified atom stereocenters. The van der Waals surface area contributed by atoms with E-state index < -0.39 is 11.2 Å². The fraction of sp³-hybridized carbons (Fsp3) is 0.280. The maximum atomic E-state index is 13.1. The van der Waals surface area contributed by atoms with Crippen LogP contribution >= 0.6 is 11.8 Å². The summed E-state index contributed by atoms with van der Waals surface area (Å²) in [4.78, 5) is 42.9. The number of anilines is 1. The van der Waals surface area contributed by atoms with E-state index >= 15 is 0 Å². The van der Waals surface area contributed by atoms with Crippen LogP contribution < -0.4 is 26.0 Å². The Labute approximate surface area is 211 Å². The topological polar surface area (TPSA) is 109 Å². The number of aromatic nitrogens is 4. The van der Waals surface area contributed by atoms with Gasteiger partial charge < -0.3 is 19.4 Å². The highest BCUT2D eigenvalue weighted by Gasteiger charge is 2.21. The second kappa shape index (κ2) is 10.3. The highest BCUT2D eigenvalue weighted by molar-refractivity contribution is 7.99. The van der Waals surface area contributed by atoms with Crippen LogP contribution in [0.25, 0.3) is 11.2 Å². The number of ether oxygens (including phenoxy) is 2. The first kappa shape index (κ1) is 25.1. The van der Waals surface area contributed by atoms with Gasteiger partial charge in [-0.3, -0.25) is 18.7 Å². The van der Waals surface area contributed by atoms with Gasteiger partial charge in [-0.1, -0.05) is 41.6 Å². The molecule has 4 aromatic rings. The van der Waals surface area contributed by atoms with E-state index in [1.54, 1.807) is 36.9 Å². The summed E-state index contributed by atoms with van der Waals surface area (Å²) in [6.07, 6.45) is 0. The van der Waals surface area contributed by atoms with E-state index in [0.29, 0.717) is 34.4 Å². The van der Waals surface area contributed by atoms with Crippen LogP contribution in [0.4, 0.5) is 5.69 Å². The summed E-state index contributed by atoms with van der Waals surface area (Å²) < 4.78 is 14.7. The summed E-state index contributed by atoms with van der Waals surface area (Å²) in [5, 5.41) is 3.29. The van der Waals surface area contributed by atoms with Crippen LogP contribution in [0.5, 0.6) is 11.5 Å². The molecule has 0 aliphatic rings. The van der Waals surface area contributed by atoms with E-state index in [4.69, 9.17) is 9.47 Å². The first-order valence-electron chi connectivity index (χ1n) is 11.1. The molecule has 0 saturated carbocycles. The second-order valence-electron chi connectivity index (χ2n) is 8.25. The third kappa shape index (κ3) is 4.87. The van der Waals surface area contributed by atoms with Crippen molar-refractivity contribution in [2.45, 2.75) is 18.6 Å². The maximum Gasteiger partial charge on any atom is 0.332 e. The number of nitrogens with zero attached hydrogens (tertiary/aromatic N) is 4. The molecule has 0 atom stereocenters. The summed E-state index contributed by atoms with van der Waals surface area (Å²) in [6.45, 7) is 2.36. The summed E-state index contributed by atoms with van der Waals surface area (Å²) >= 11 is 1.18. The van der Waals surface area contributed by atoms with E-state index in [-0.39, 0.29) is 17.3 Å². The van der Waals surface area contributed by atoms with Crippen LogP contribution in [-0.2, 0) is 25.4 Å². The number of imidazole rings is 1. The molecule has 0 aliphatic carbocycles. The third-order valence-corrected chi connectivity index (χ3v) is 6.77. The number of amides is 1. The van der Waals surface area contributed by atoms with Gasteiger partial charge in [0.1, 0.15) is 11.5 Å². The fourth-order valence-corrected chi connectivity index (χ4v) is 4.57. The SMILES string of the molecule is COc1ccc(NC(=O)CSc2nc3c(c(=O)n(C)c(=O)n3C)n2Cc2ccc(C)cc2)c(OC)c1. The van der Waals surface area contributed by atoms with E-state index in [0.717, 1.165) is 15.7 Å². The first-order valence-corrected chi connectivity index (χ1v) is 12.1. The second-order valence-corrected chi connectivity index (χ2v) is 9.19. The summed E-state index contributed by atoms with van der Waals surface area (Å²) in [7, 11) is 6.08. The molecule has 11 heteroatoms. The minimum absolute atomic E-state index is 0.0284. The Bertz CT molecular complexity index is 1550. The molecule has 0 aliphatic heterocycles. The third-order valence-electron chi connectivity index (χ3n) is 5.79. The molecule has 2 aromatic carbocycles. The molecule has 4 rings (SSSR count). The van der Waals surface area contributed by atoms with Crippen molar-refractivity contribution in [3.63, 3.8) is 0 Å². The lowest BCUT2D eigenvalue weighted by molar-refractivity contribution is -0.113. The van der Waals surface area contributed by atoms with Crippen molar-refractivity contribution in [2.75, 3.05) is 25.3 Å². The molecule has 0 fully saturated rings. The van der Waals surface area contributed by atoms with Crippen molar-refractivity contribution in [2.24, 2.45) is 14.1 Å². The van der Waals surface area contributed by atoms with Gasteiger partial charge in [0, 0.05) is 20.2 Å². The molecule has 0 saturated heterocycles. The lowest BCUT2D eigenvalue weighted by atomic mass is 10.1. The average molecular weight is 510 g/mol. The molecule has 2 aromatic heterocycles. The van der Waals surface area contributed by atoms with Crippen molar-refractivity contribution in [1.29, 1.82) is 0 Å². The number of methoxy groups -OCH3 is 2. The number of benzene rings is 2. The van der Waals surface area contributed by atoms with Crippen molar-refractivity contribution in [3.05, 3.63) is 74.4 Å². The smallest absolute Gasteiger partial charge is 0.332 e. The fourth-order valence-electron chi connectivity index (χ4n) is 3.78. The molecular weight excluding hydrogens is 482 g/mol. The highest BCUT2D eigenvalue weighted by Crippen LogP contribution is 2.30. The van der Waals surface area contributed by atoms with Crippen LogP contribution in [0.1, 0.15) is 11.1 Å². The van der Waals surface area contributed by atoms with Crippen LogP contribution in [-0.4, -0.2) is 44.6 Å². The minimum atomic E-state index is -0.464. The van der Waals surface area contributed by atoms with Crippen molar-refractivity contribution < 1.29 is 14.3 Å². The van der Waals surface area contributed by atoms with Gasteiger partial charge in [-0.05, 0) is 24.6 Å². The Morgan fingerprint density at radius 1 is 1.03 bits per heavy atom. The summed E-state index contributed by atoms with van der Waals surface area (Å²) in [5.41, 5.74) is 2.27. The molecule has 10 nitrogen and oxygen atoms in total. The van der Waals surface area contributed by atoms with Crippen LogP contribution in [0, 0.1) is 6.92 Å². The van der Waals surface area contributed by atoms with Gasteiger partial charge in [0.2, 0.25) is 5.91 Å². The number of hydrogen-bond donors (Lipinski definition) is 1. The predicted octanol–water partition coefficient (Wildman–Crippen LogP) is 2.54. The predicted molar refractivity (Wildman–Crippen MR) is 139 cm³/mol. The van der Waals surface area contributed by atoms with E-state index in [2.05, 4.69) is 10.3 Å². The number of hydrogen-bond acceptors (Lipinski definition) is 7. The Balaban J connectivity index is 1.66. The number of thioether (sulfide) groups is 1. The Hall–Kier alpha value is -3.99. The Morgan fingerprint density at radius 2 is 1.75 bits per heavy atom. The van der Waals surface area contributed by atoms with Gasteiger partial charge >= 0.3 is 5.69 Å².